The summed E-state index contributed by atoms with van der Waals surface area (Å²) in [5, 5.41) is 0. The second-order valence-electron chi connectivity index (χ2n) is 2.56. The van der Waals surface area contributed by atoms with Crippen LogP contribution < -0.4 is 4.84 Å². The van der Waals surface area contributed by atoms with Gasteiger partial charge in [-0.05, 0) is 36.0 Å². The molecule has 13 heavy (non-hydrogen) atoms. The molecule has 0 saturated carbocycles. The summed E-state index contributed by atoms with van der Waals surface area (Å²) in [5.74, 6) is -0.389. The number of carbonyl (C=O) groups excluding carboxylic acids is 1. The molecular formula is C9H9ClFNO. The fourth-order valence-electron chi connectivity index (χ4n) is 0.941. The lowest BCUT2D eigenvalue weighted by Crippen LogP contribution is -2.08. The van der Waals surface area contributed by atoms with E-state index < -0.39 is 0 Å². The van der Waals surface area contributed by atoms with Crippen LogP contribution in [0.2, 0.25) is 0 Å². The van der Waals surface area contributed by atoms with Crippen LogP contribution in [0.4, 0.5) is 4.39 Å². The van der Waals surface area contributed by atoms with Gasteiger partial charge in [0.25, 0.3) is 0 Å². The Balaban J connectivity index is 2.61. The molecule has 0 amide bonds. The average Bonchev–Trinajstić information content (AvgIpc) is 2.15. The molecule has 0 fully saturated rings. The summed E-state index contributed by atoms with van der Waals surface area (Å²) in [6.45, 7) is 0.414. The molecule has 0 unspecified atom stereocenters. The maximum atomic E-state index is 12.5. The molecule has 1 aromatic rings. The van der Waals surface area contributed by atoms with Crippen molar-refractivity contribution in [3.63, 3.8) is 0 Å². The van der Waals surface area contributed by atoms with Gasteiger partial charge in [-0.2, -0.15) is 0 Å². The third kappa shape index (κ3) is 3.13. The van der Waals surface area contributed by atoms with E-state index in [9.17, 15) is 9.18 Å². The topological polar surface area (TPSA) is 29.1 Å². The van der Waals surface area contributed by atoms with Crippen LogP contribution in [0.15, 0.2) is 24.3 Å². The van der Waals surface area contributed by atoms with Crippen molar-refractivity contribution < 1.29 is 9.18 Å². The Morgan fingerprint density at radius 1 is 1.38 bits per heavy atom. The van der Waals surface area contributed by atoms with Crippen LogP contribution in [-0.4, -0.2) is 12.3 Å². The van der Waals surface area contributed by atoms with Gasteiger partial charge in [-0.3, -0.25) is 4.79 Å². The Morgan fingerprint density at radius 3 is 2.54 bits per heavy atom. The van der Waals surface area contributed by atoms with E-state index in [2.05, 4.69) is 4.84 Å². The molecule has 0 saturated heterocycles. The molecule has 70 valence electrons. The van der Waals surface area contributed by atoms with E-state index in [0.29, 0.717) is 18.5 Å². The Bertz CT molecular complexity index is 286. The highest BCUT2D eigenvalue weighted by atomic mass is 35.5. The normalized spacial score (nSPS) is 10.0. The molecule has 0 aromatic heterocycles. The van der Waals surface area contributed by atoms with Crippen LogP contribution in [0.3, 0.4) is 0 Å². The molecule has 0 radical (unpaired) electrons. The number of hydrogen-bond acceptors (Lipinski definition) is 2. The van der Waals surface area contributed by atoms with Gasteiger partial charge in [-0.15, -0.1) is 0 Å². The summed E-state index contributed by atoms with van der Waals surface area (Å²) < 4.78 is 12.5. The second kappa shape index (κ2) is 4.94. The summed E-state index contributed by atoms with van der Waals surface area (Å²) in [7, 11) is 0. The molecule has 0 bridgehead atoms. The van der Waals surface area contributed by atoms with Gasteiger partial charge in [0.1, 0.15) is 5.82 Å². The third-order valence-electron chi connectivity index (χ3n) is 1.61. The van der Waals surface area contributed by atoms with E-state index >= 15 is 0 Å². The number of carbonyl (C=O) groups is 1. The minimum atomic E-state index is -0.341. The van der Waals surface area contributed by atoms with Crippen LogP contribution in [0.5, 0.6) is 0 Å². The first-order valence-corrected chi connectivity index (χ1v) is 4.24. The lowest BCUT2D eigenvalue weighted by Gasteiger charge is -1.98. The maximum absolute atomic E-state index is 12.5. The molecule has 4 heteroatoms. The Morgan fingerprint density at radius 2 is 2.00 bits per heavy atom. The lowest BCUT2D eigenvalue weighted by atomic mass is 10.1. The van der Waals surface area contributed by atoms with Crippen molar-refractivity contribution in [2.24, 2.45) is 0 Å². The quantitative estimate of drug-likeness (QED) is 0.598. The highest BCUT2D eigenvalue weighted by Crippen LogP contribution is 2.05. The first-order valence-electron chi connectivity index (χ1n) is 3.86. The zero-order valence-corrected chi connectivity index (χ0v) is 7.64. The SMILES string of the molecule is O=C(CCNCl)c1ccc(F)cc1. The Kier molecular flexibility index (Phi) is 3.86. The summed E-state index contributed by atoms with van der Waals surface area (Å²) in [5.41, 5.74) is 0.508. The van der Waals surface area contributed by atoms with Gasteiger partial charge in [0.2, 0.25) is 0 Å². The van der Waals surface area contributed by atoms with Crippen molar-refractivity contribution in [3.8, 4) is 0 Å². The van der Waals surface area contributed by atoms with Gasteiger partial charge in [-0.25, -0.2) is 9.23 Å². The van der Waals surface area contributed by atoms with Crippen LogP contribution in [-0.2, 0) is 0 Å². The molecule has 0 heterocycles. The summed E-state index contributed by atoms with van der Waals surface area (Å²) >= 11 is 5.20. The van der Waals surface area contributed by atoms with Crippen LogP contribution in [0.25, 0.3) is 0 Å². The molecule has 1 rings (SSSR count). The van der Waals surface area contributed by atoms with Crippen LogP contribution in [0, 0.1) is 5.82 Å². The number of nitrogens with one attached hydrogen (secondary N) is 1. The van der Waals surface area contributed by atoms with Gasteiger partial charge in [0.15, 0.2) is 5.78 Å². The molecule has 0 spiro atoms. The van der Waals surface area contributed by atoms with Crippen molar-refractivity contribution in [2.75, 3.05) is 6.54 Å². The molecule has 0 aliphatic heterocycles. The van der Waals surface area contributed by atoms with E-state index in [4.69, 9.17) is 11.8 Å². The minimum absolute atomic E-state index is 0.0480. The Labute approximate surface area is 80.8 Å². The fourth-order valence-corrected chi connectivity index (χ4v) is 1.04. The largest absolute Gasteiger partial charge is 0.294 e. The van der Waals surface area contributed by atoms with Gasteiger partial charge in [0.05, 0.1) is 0 Å². The van der Waals surface area contributed by atoms with Crippen molar-refractivity contribution in [1.82, 2.24) is 4.84 Å². The van der Waals surface area contributed by atoms with Crippen molar-refractivity contribution >= 4 is 17.6 Å². The van der Waals surface area contributed by atoms with Gasteiger partial charge >= 0.3 is 0 Å². The summed E-state index contributed by atoms with van der Waals surface area (Å²) in [6.07, 6.45) is 0.315. The van der Waals surface area contributed by atoms with Crippen LogP contribution in [0.1, 0.15) is 16.8 Å². The number of halogens is 2. The monoisotopic (exact) mass is 201 g/mol. The zero-order valence-electron chi connectivity index (χ0n) is 6.89. The molecule has 0 aliphatic rings. The van der Waals surface area contributed by atoms with E-state index in [0.717, 1.165) is 0 Å². The maximum Gasteiger partial charge on any atom is 0.164 e. The lowest BCUT2D eigenvalue weighted by molar-refractivity contribution is 0.0984. The molecule has 0 atom stereocenters. The number of ketones is 1. The number of rotatable bonds is 4. The van der Waals surface area contributed by atoms with Crippen molar-refractivity contribution in [2.45, 2.75) is 6.42 Å². The number of Topliss-reactive ketones (excluding diaryl/α,β-unsaturated/α-hetero) is 1. The van der Waals surface area contributed by atoms with E-state index in [-0.39, 0.29) is 11.6 Å². The predicted octanol–water partition coefficient (Wildman–Crippen LogP) is 2.14. The summed E-state index contributed by atoms with van der Waals surface area (Å²) in [6, 6.07) is 5.46. The van der Waals surface area contributed by atoms with E-state index in [1.165, 1.54) is 24.3 Å². The molecule has 1 aromatic carbocycles. The van der Waals surface area contributed by atoms with Gasteiger partial charge in [0, 0.05) is 18.5 Å². The van der Waals surface area contributed by atoms with Gasteiger partial charge in [-0.1, -0.05) is 0 Å². The van der Waals surface area contributed by atoms with Crippen molar-refractivity contribution in [3.05, 3.63) is 35.6 Å². The standard InChI is InChI=1S/C9H9ClFNO/c10-12-6-5-9(13)7-1-3-8(11)4-2-7/h1-4,12H,5-6H2. The predicted molar refractivity (Wildman–Crippen MR) is 49.2 cm³/mol. The molecular weight excluding hydrogens is 193 g/mol. The third-order valence-corrected chi connectivity index (χ3v) is 1.80. The smallest absolute Gasteiger partial charge is 0.164 e. The van der Waals surface area contributed by atoms with Crippen molar-refractivity contribution in [1.29, 1.82) is 0 Å². The second-order valence-corrected chi connectivity index (χ2v) is 2.83. The number of benzene rings is 1. The minimum Gasteiger partial charge on any atom is -0.294 e. The molecule has 1 N–H and O–H groups in total. The van der Waals surface area contributed by atoms with E-state index in [1.807, 2.05) is 0 Å². The first kappa shape index (κ1) is 10.2. The highest BCUT2D eigenvalue weighted by molar-refractivity contribution is 6.13. The fraction of sp³-hybridized carbons (Fsp3) is 0.222. The highest BCUT2D eigenvalue weighted by Gasteiger charge is 2.04. The molecule has 0 aliphatic carbocycles. The van der Waals surface area contributed by atoms with Crippen LogP contribution >= 0.6 is 11.8 Å². The Hall–Kier alpha value is -0.930. The average molecular weight is 202 g/mol. The number of hydrogen-bond donors (Lipinski definition) is 1. The zero-order chi connectivity index (χ0) is 9.68. The van der Waals surface area contributed by atoms with Gasteiger partial charge < -0.3 is 0 Å². The van der Waals surface area contributed by atoms with E-state index in [1.54, 1.807) is 0 Å². The molecule has 2 nitrogen and oxygen atoms in total. The first-order chi connectivity index (χ1) is 6.24. The summed E-state index contributed by atoms with van der Waals surface area (Å²) in [4.78, 5) is 13.7.